The highest BCUT2D eigenvalue weighted by molar-refractivity contribution is 6.33. The van der Waals surface area contributed by atoms with E-state index in [0.717, 1.165) is 0 Å². The first-order chi connectivity index (χ1) is 17.1. The molecule has 1 aromatic carbocycles. The normalized spacial score (nSPS) is 15.0. The number of pyridine rings is 1. The van der Waals surface area contributed by atoms with Gasteiger partial charge < -0.3 is 15.2 Å². The minimum atomic E-state index is -4.62. The standard InChI is InChI=1S/C24H23ClF3N5O3/c1-2-36-18-8-6-15(13-29-18)19-31-20(33-22(35)32-19)16-11-14(5-7-17(16)25)12-30-21(34)23(24(26,27)28)9-3-4-10-23/h5-8,11,13H,2-4,9-10,12H2,1H3,(H,30,34)(H,31,32,33,35). The average molecular weight is 522 g/mol. The maximum atomic E-state index is 13.7. The van der Waals surface area contributed by atoms with Crippen LogP contribution in [0.4, 0.5) is 13.2 Å². The number of ether oxygens (including phenoxy) is 1. The number of carbonyl (C=O) groups excluding carboxylic acids is 1. The van der Waals surface area contributed by atoms with Gasteiger partial charge >= 0.3 is 12.2 Å². The Morgan fingerprint density at radius 3 is 2.50 bits per heavy atom. The molecule has 1 fully saturated rings. The lowest BCUT2D eigenvalue weighted by atomic mass is 9.84. The van der Waals surface area contributed by atoms with E-state index in [9.17, 15) is 23.1 Å². The Morgan fingerprint density at radius 1 is 1.14 bits per heavy atom. The van der Waals surface area contributed by atoms with Crippen LogP contribution in [-0.2, 0) is 11.3 Å². The fourth-order valence-corrected chi connectivity index (χ4v) is 4.39. The maximum Gasteiger partial charge on any atom is 0.403 e. The average Bonchev–Trinajstić information content (AvgIpc) is 3.35. The maximum absolute atomic E-state index is 13.7. The molecule has 1 amide bonds. The number of aromatic nitrogens is 4. The third-order valence-corrected chi connectivity index (χ3v) is 6.40. The predicted molar refractivity (Wildman–Crippen MR) is 125 cm³/mol. The number of aromatic hydroxyl groups is 1. The van der Waals surface area contributed by atoms with Gasteiger partial charge in [0, 0.05) is 29.9 Å². The predicted octanol–water partition coefficient (Wildman–Crippen LogP) is 5.10. The highest BCUT2D eigenvalue weighted by Gasteiger charge is 2.60. The summed E-state index contributed by atoms with van der Waals surface area (Å²) in [5.41, 5.74) is -1.07. The number of nitrogens with one attached hydrogen (secondary N) is 1. The van der Waals surface area contributed by atoms with E-state index in [1.807, 2.05) is 6.92 Å². The summed E-state index contributed by atoms with van der Waals surface area (Å²) in [5.74, 6) is -0.433. The van der Waals surface area contributed by atoms with Crippen molar-refractivity contribution >= 4 is 17.5 Å². The molecule has 2 aromatic heterocycles. The van der Waals surface area contributed by atoms with Crippen molar-refractivity contribution in [2.45, 2.75) is 45.3 Å². The first kappa shape index (κ1) is 25.6. The molecule has 190 valence electrons. The van der Waals surface area contributed by atoms with Crippen LogP contribution in [-0.4, -0.2) is 43.7 Å². The van der Waals surface area contributed by atoms with E-state index in [-0.39, 0.29) is 36.1 Å². The van der Waals surface area contributed by atoms with Gasteiger partial charge in [-0.3, -0.25) is 4.79 Å². The number of hydrogen-bond acceptors (Lipinski definition) is 7. The van der Waals surface area contributed by atoms with Gasteiger partial charge in [-0.15, -0.1) is 0 Å². The molecule has 1 aliphatic carbocycles. The molecule has 1 saturated carbocycles. The molecule has 2 heterocycles. The quantitative estimate of drug-likeness (QED) is 0.445. The molecule has 4 rings (SSSR count). The third-order valence-electron chi connectivity index (χ3n) is 6.07. The number of amides is 1. The number of nitrogens with zero attached hydrogens (tertiary/aromatic N) is 4. The van der Waals surface area contributed by atoms with Gasteiger partial charge in [0.15, 0.2) is 11.6 Å². The second-order valence-corrected chi connectivity index (χ2v) is 8.79. The van der Waals surface area contributed by atoms with Gasteiger partial charge in [0.25, 0.3) is 0 Å². The summed E-state index contributed by atoms with van der Waals surface area (Å²) in [5, 5.41) is 12.8. The highest BCUT2D eigenvalue weighted by atomic mass is 35.5. The summed E-state index contributed by atoms with van der Waals surface area (Å²) in [6.07, 6.45) is -2.87. The summed E-state index contributed by atoms with van der Waals surface area (Å²) in [4.78, 5) is 29.0. The molecule has 36 heavy (non-hydrogen) atoms. The van der Waals surface area contributed by atoms with Crippen LogP contribution in [0.25, 0.3) is 22.8 Å². The Morgan fingerprint density at radius 2 is 1.86 bits per heavy atom. The number of carbonyl (C=O) groups is 1. The molecule has 0 saturated heterocycles. The number of rotatable bonds is 7. The van der Waals surface area contributed by atoms with Crippen LogP contribution >= 0.6 is 11.6 Å². The summed E-state index contributed by atoms with van der Waals surface area (Å²) in [6, 6.07) is 7.40. The topological polar surface area (TPSA) is 110 Å². The Hall–Kier alpha value is -3.47. The molecule has 0 radical (unpaired) electrons. The van der Waals surface area contributed by atoms with Gasteiger partial charge in [-0.25, -0.2) is 9.97 Å². The molecular weight excluding hydrogens is 499 g/mol. The molecule has 0 bridgehead atoms. The second-order valence-electron chi connectivity index (χ2n) is 8.38. The largest absolute Gasteiger partial charge is 0.479 e. The first-order valence-electron chi connectivity index (χ1n) is 11.3. The molecule has 0 unspecified atom stereocenters. The summed E-state index contributed by atoms with van der Waals surface area (Å²) >= 11 is 6.34. The Kier molecular flexibility index (Phi) is 7.30. The fourth-order valence-electron chi connectivity index (χ4n) is 4.18. The van der Waals surface area contributed by atoms with Crippen LogP contribution in [0.2, 0.25) is 5.02 Å². The second kappa shape index (κ2) is 10.3. The van der Waals surface area contributed by atoms with Crippen molar-refractivity contribution in [2.75, 3.05) is 6.61 Å². The SMILES string of the molecule is CCOc1ccc(-c2nc(O)nc(-c3cc(CNC(=O)C4(C(F)(F)F)CCCC4)ccc3Cl)n2)cn1. The van der Waals surface area contributed by atoms with Crippen LogP contribution in [0.5, 0.6) is 11.9 Å². The lowest BCUT2D eigenvalue weighted by Crippen LogP contribution is -2.48. The summed E-state index contributed by atoms with van der Waals surface area (Å²) in [7, 11) is 0. The molecule has 0 atom stereocenters. The molecule has 0 aliphatic heterocycles. The van der Waals surface area contributed by atoms with E-state index in [1.165, 1.54) is 12.3 Å². The van der Waals surface area contributed by atoms with Crippen molar-refractivity contribution in [1.82, 2.24) is 25.3 Å². The van der Waals surface area contributed by atoms with Gasteiger partial charge in [-0.2, -0.15) is 23.1 Å². The number of hydrogen-bond donors (Lipinski definition) is 2. The molecule has 2 N–H and O–H groups in total. The van der Waals surface area contributed by atoms with Crippen LogP contribution < -0.4 is 10.1 Å². The Labute approximate surface area is 209 Å². The minimum absolute atomic E-state index is 0.0483. The monoisotopic (exact) mass is 521 g/mol. The fraction of sp³-hybridized carbons (Fsp3) is 0.375. The lowest BCUT2D eigenvalue weighted by Gasteiger charge is -2.30. The summed E-state index contributed by atoms with van der Waals surface area (Å²) in [6.45, 7) is 2.14. The molecule has 12 heteroatoms. The van der Waals surface area contributed by atoms with E-state index in [0.29, 0.717) is 42.0 Å². The van der Waals surface area contributed by atoms with E-state index >= 15 is 0 Å². The van der Waals surface area contributed by atoms with Crippen LogP contribution in [0.3, 0.4) is 0 Å². The number of benzene rings is 1. The van der Waals surface area contributed by atoms with E-state index in [2.05, 4.69) is 25.3 Å². The molecule has 1 aliphatic rings. The molecule has 0 spiro atoms. The Balaban J connectivity index is 1.58. The molecular formula is C24H23ClF3N5O3. The first-order valence-corrected chi connectivity index (χ1v) is 11.7. The zero-order chi connectivity index (χ0) is 25.9. The Bertz CT molecular complexity index is 1250. The zero-order valence-electron chi connectivity index (χ0n) is 19.3. The van der Waals surface area contributed by atoms with E-state index in [1.54, 1.807) is 24.3 Å². The van der Waals surface area contributed by atoms with Crippen molar-refractivity contribution in [2.24, 2.45) is 5.41 Å². The molecule has 3 aromatic rings. The lowest BCUT2D eigenvalue weighted by molar-refractivity contribution is -0.220. The van der Waals surface area contributed by atoms with Crippen molar-refractivity contribution < 1.29 is 27.8 Å². The van der Waals surface area contributed by atoms with Crippen LogP contribution in [0.15, 0.2) is 36.5 Å². The van der Waals surface area contributed by atoms with Crippen LogP contribution in [0.1, 0.15) is 38.2 Å². The van der Waals surface area contributed by atoms with E-state index in [4.69, 9.17) is 16.3 Å². The van der Waals surface area contributed by atoms with Crippen molar-refractivity contribution in [3.05, 3.63) is 47.1 Å². The number of alkyl halides is 3. The summed E-state index contributed by atoms with van der Waals surface area (Å²) < 4.78 is 46.3. The van der Waals surface area contributed by atoms with Crippen LogP contribution in [0, 0.1) is 5.41 Å². The number of halogens is 4. The minimum Gasteiger partial charge on any atom is -0.479 e. The van der Waals surface area contributed by atoms with Gasteiger partial charge in [-0.1, -0.05) is 30.5 Å². The van der Waals surface area contributed by atoms with Gasteiger partial charge in [-0.05, 0) is 43.5 Å². The highest BCUT2D eigenvalue weighted by Crippen LogP contribution is 2.50. The van der Waals surface area contributed by atoms with Gasteiger partial charge in [0.1, 0.15) is 5.41 Å². The van der Waals surface area contributed by atoms with Crippen molar-refractivity contribution in [1.29, 1.82) is 0 Å². The van der Waals surface area contributed by atoms with Gasteiger partial charge in [0.05, 0.1) is 11.6 Å². The van der Waals surface area contributed by atoms with Crippen molar-refractivity contribution in [3.63, 3.8) is 0 Å². The third kappa shape index (κ3) is 5.20. The molecule has 8 nitrogen and oxygen atoms in total. The van der Waals surface area contributed by atoms with Gasteiger partial charge in [0.2, 0.25) is 11.8 Å². The zero-order valence-corrected chi connectivity index (χ0v) is 20.0. The van der Waals surface area contributed by atoms with E-state index < -0.39 is 23.5 Å². The smallest absolute Gasteiger partial charge is 0.403 e. The van der Waals surface area contributed by atoms with Crippen molar-refractivity contribution in [3.8, 4) is 34.7 Å².